The molecule has 0 radical (unpaired) electrons. The summed E-state index contributed by atoms with van der Waals surface area (Å²) in [4.78, 5) is 20.5. The van der Waals surface area contributed by atoms with Gasteiger partial charge in [0.25, 0.3) is 0 Å². The Hall–Kier alpha value is -1.85. The number of nitrogens with zero attached hydrogens (tertiary/aromatic N) is 2. The zero-order chi connectivity index (χ0) is 14.0. The predicted molar refractivity (Wildman–Crippen MR) is 74.8 cm³/mol. The number of rotatable bonds is 5. The molecule has 0 aromatic carbocycles. The highest BCUT2D eigenvalue weighted by Gasteiger charge is 2.27. The summed E-state index contributed by atoms with van der Waals surface area (Å²) < 4.78 is 0. The Labute approximate surface area is 113 Å². The van der Waals surface area contributed by atoms with Crippen molar-refractivity contribution in [3.05, 3.63) is 11.9 Å². The Bertz CT molecular complexity index is 470. The predicted octanol–water partition coefficient (Wildman–Crippen LogP) is 1.26. The Morgan fingerprint density at radius 1 is 1.37 bits per heavy atom. The largest absolute Gasteiger partial charge is 0.384 e. The van der Waals surface area contributed by atoms with Crippen molar-refractivity contribution < 1.29 is 4.79 Å². The van der Waals surface area contributed by atoms with Crippen LogP contribution in [-0.4, -0.2) is 28.0 Å². The number of carbonyl (C=O) groups excluding carboxylic acids is 1. The van der Waals surface area contributed by atoms with Crippen LogP contribution in [-0.2, 0) is 4.79 Å². The van der Waals surface area contributed by atoms with Crippen LogP contribution in [0.1, 0.15) is 45.4 Å². The molecule has 1 amide bonds. The first-order chi connectivity index (χ1) is 8.95. The average Bonchev–Trinajstić information content (AvgIpc) is 3.10. The molecule has 6 heteroatoms. The minimum Gasteiger partial charge on any atom is -0.384 e. The zero-order valence-electron chi connectivity index (χ0n) is 11.6. The van der Waals surface area contributed by atoms with Crippen molar-refractivity contribution in [1.29, 1.82) is 0 Å². The van der Waals surface area contributed by atoms with Gasteiger partial charge in [-0.05, 0) is 33.6 Å². The molecule has 1 atom stereocenters. The second-order valence-electron chi connectivity index (χ2n) is 5.34. The van der Waals surface area contributed by atoms with Crippen LogP contribution in [0, 0.1) is 0 Å². The fourth-order valence-corrected chi connectivity index (χ4v) is 1.78. The molecule has 1 aromatic rings. The Kier molecular flexibility index (Phi) is 3.87. The molecule has 1 saturated carbocycles. The summed E-state index contributed by atoms with van der Waals surface area (Å²) >= 11 is 0. The molecule has 1 aliphatic rings. The quantitative estimate of drug-likeness (QED) is 0.743. The third-order valence-corrected chi connectivity index (χ3v) is 2.89. The summed E-state index contributed by atoms with van der Waals surface area (Å²) in [5.41, 5.74) is 5.77. The van der Waals surface area contributed by atoms with Crippen LogP contribution in [0.25, 0.3) is 0 Å². The topological polar surface area (TPSA) is 92.9 Å². The molecule has 1 aromatic heterocycles. The van der Waals surface area contributed by atoms with Gasteiger partial charge in [-0.3, -0.25) is 4.79 Å². The van der Waals surface area contributed by atoms with Gasteiger partial charge in [0.15, 0.2) is 0 Å². The Balaban J connectivity index is 2.03. The smallest absolute Gasteiger partial charge is 0.242 e. The van der Waals surface area contributed by atoms with Crippen LogP contribution in [0.5, 0.6) is 0 Å². The third kappa shape index (κ3) is 3.81. The van der Waals surface area contributed by atoms with E-state index in [0.717, 1.165) is 18.7 Å². The molecule has 0 bridgehead atoms. The van der Waals surface area contributed by atoms with Gasteiger partial charge in [-0.2, -0.15) is 0 Å². The first-order valence-electron chi connectivity index (χ1n) is 6.67. The highest BCUT2D eigenvalue weighted by Crippen LogP contribution is 2.38. The standard InChI is InChI=1S/C13H21N5O/c1-7(2)15-13(19)8(3)16-11-6-10(14)17-12(18-11)9-4-5-9/h6-9H,4-5H2,1-3H3,(H,15,19)(H3,14,16,17,18). The highest BCUT2D eigenvalue weighted by atomic mass is 16.2. The molecular weight excluding hydrogens is 242 g/mol. The number of hydrogen-bond acceptors (Lipinski definition) is 5. The summed E-state index contributed by atoms with van der Waals surface area (Å²) in [5, 5.41) is 5.92. The normalized spacial score (nSPS) is 16.2. The lowest BCUT2D eigenvalue weighted by atomic mass is 10.2. The second kappa shape index (κ2) is 5.42. The summed E-state index contributed by atoms with van der Waals surface area (Å²) in [6, 6.07) is 1.42. The Morgan fingerprint density at radius 2 is 2.05 bits per heavy atom. The molecule has 1 aliphatic carbocycles. The number of nitrogen functional groups attached to an aromatic ring is 1. The molecule has 2 rings (SSSR count). The van der Waals surface area contributed by atoms with Crippen LogP contribution in [0.2, 0.25) is 0 Å². The lowest BCUT2D eigenvalue weighted by Gasteiger charge is -2.17. The van der Waals surface area contributed by atoms with E-state index in [-0.39, 0.29) is 18.0 Å². The third-order valence-electron chi connectivity index (χ3n) is 2.89. The molecule has 0 spiro atoms. The van der Waals surface area contributed by atoms with E-state index in [1.165, 1.54) is 0 Å². The van der Waals surface area contributed by atoms with Gasteiger partial charge in [0.2, 0.25) is 5.91 Å². The van der Waals surface area contributed by atoms with Crippen molar-refractivity contribution in [3.63, 3.8) is 0 Å². The lowest BCUT2D eigenvalue weighted by molar-refractivity contribution is -0.122. The molecule has 0 saturated heterocycles. The van der Waals surface area contributed by atoms with Gasteiger partial charge in [-0.1, -0.05) is 0 Å². The zero-order valence-corrected chi connectivity index (χ0v) is 11.6. The fraction of sp³-hybridized carbons (Fsp3) is 0.615. The van der Waals surface area contributed by atoms with Gasteiger partial charge < -0.3 is 16.4 Å². The minimum absolute atomic E-state index is 0.0554. The molecule has 1 fully saturated rings. The first-order valence-corrected chi connectivity index (χ1v) is 6.67. The highest BCUT2D eigenvalue weighted by molar-refractivity contribution is 5.84. The van der Waals surface area contributed by atoms with Crippen molar-refractivity contribution >= 4 is 17.5 Å². The summed E-state index contributed by atoms with van der Waals surface area (Å²) in [7, 11) is 0. The monoisotopic (exact) mass is 263 g/mol. The van der Waals surface area contributed by atoms with Crippen molar-refractivity contribution in [2.75, 3.05) is 11.1 Å². The maximum atomic E-state index is 11.8. The van der Waals surface area contributed by atoms with E-state index in [1.807, 2.05) is 13.8 Å². The second-order valence-corrected chi connectivity index (χ2v) is 5.34. The van der Waals surface area contributed by atoms with Crippen LogP contribution in [0.4, 0.5) is 11.6 Å². The number of carbonyl (C=O) groups is 1. The number of amides is 1. The lowest BCUT2D eigenvalue weighted by Crippen LogP contribution is -2.41. The van der Waals surface area contributed by atoms with E-state index < -0.39 is 0 Å². The van der Waals surface area contributed by atoms with Gasteiger partial charge in [-0.25, -0.2) is 9.97 Å². The van der Waals surface area contributed by atoms with Gasteiger partial charge in [0, 0.05) is 18.0 Å². The van der Waals surface area contributed by atoms with E-state index in [2.05, 4.69) is 20.6 Å². The van der Waals surface area contributed by atoms with Crippen molar-refractivity contribution in [3.8, 4) is 0 Å². The van der Waals surface area contributed by atoms with Crippen molar-refractivity contribution in [2.24, 2.45) is 0 Å². The van der Waals surface area contributed by atoms with Crippen LogP contribution in [0.15, 0.2) is 6.07 Å². The molecule has 1 unspecified atom stereocenters. The SMILES string of the molecule is CC(C)NC(=O)C(C)Nc1cc(N)nc(C2CC2)n1. The Morgan fingerprint density at radius 3 is 2.63 bits per heavy atom. The molecule has 104 valence electrons. The van der Waals surface area contributed by atoms with Crippen molar-refractivity contribution in [2.45, 2.75) is 51.6 Å². The van der Waals surface area contributed by atoms with Gasteiger partial charge >= 0.3 is 0 Å². The molecule has 4 N–H and O–H groups in total. The van der Waals surface area contributed by atoms with Crippen LogP contribution >= 0.6 is 0 Å². The number of nitrogens with one attached hydrogen (secondary N) is 2. The van der Waals surface area contributed by atoms with Crippen molar-refractivity contribution in [1.82, 2.24) is 15.3 Å². The first kappa shape index (κ1) is 13.6. The maximum absolute atomic E-state index is 11.8. The van der Waals surface area contributed by atoms with Gasteiger partial charge in [0.1, 0.15) is 23.5 Å². The minimum atomic E-state index is -0.358. The van der Waals surface area contributed by atoms with E-state index in [4.69, 9.17) is 5.73 Å². The number of anilines is 2. The molecular formula is C13H21N5O. The van der Waals surface area contributed by atoms with Gasteiger partial charge in [-0.15, -0.1) is 0 Å². The van der Waals surface area contributed by atoms with E-state index in [0.29, 0.717) is 17.6 Å². The average molecular weight is 263 g/mol. The molecule has 1 heterocycles. The molecule has 19 heavy (non-hydrogen) atoms. The van der Waals surface area contributed by atoms with E-state index >= 15 is 0 Å². The maximum Gasteiger partial charge on any atom is 0.242 e. The van der Waals surface area contributed by atoms with Gasteiger partial charge in [0.05, 0.1) is 0 Å². The van der Waals surface area contributed by atoms with E-state index in [1.54, 1.807) is 13.0 Å². The number of aromatic nitrogens is 2. The summed E-state index contributed by atoms with van der Waals surface area (Å²) in [6.07, 6.45) is 2.23. The fourth-order valence-electron chi connectivity index (χ4n) is 1.78. The summed E-state index contributed by atoms with van der Waals surface area (Å²) in [5.74, 6) is 2.21. The molecule has 6 nitrogen and oxygen atoms in total. The van der Waals surface area contributed by atoms with E-state index in [9.17, 15) is 4.79 Å². The number of hydrogen-bond donors (Lipinski definition) is 3. The van der Waals surface area contributed by atoms with Crippen LogP contribution in [0.3, 0.4) is 0 Å². The van der Waals surface area contributed by atoms with Crippen LogP contribution < -0.4 is 16.4 Å². The number of nitrogens with two attached hydrogens (primary N) is 1. The molecule has 0 aliphatic heterocycles. The summed E-state index contributed by atoms with van der Waals surface area (Å²) in [6.45, 7) is 5.66.